The fraction of sp³-hybridized carbons (Fsp3) is 0.708. The summed E-state index contributed by atoms with van der Waals surface area (Å²) in [5, 5.41) is 3.47. The Balaban J connectivity index is 1.63. The van der Waals surface area contributed by atoms with Crippen LogP contribution in [0.1, 0.15) is 44.6 Å². The Morgan fingerprint density at radius 2 is 1.90 bits per heavy atom. The fourth-order valence-corrected chi connectivity index (χ4v) is 4.44. The average Bonchev–Trinajstić information content (AvgIpc) is 2.81. The van der Waals surface area contributed by atoms with Crippen LogP contribution in [0, 0.1) is 5.82 Å². The zero-order valence-electron chi connectivity index (χ0n) is 19.1. The maximum absolute atomic E-state index is 13.5. The van der Waals surface area contributed by atoms with Gasteiger partial charge in [0.25, 0.3) is 0 Å². The van der Waals surface area contributed by atoms with Crippen molar-refractivity contribution in [2.24, 2.45) is 4.99 Å². The van der Waals surface area contributed by atoms with E-state index in [1.54, 1.807) is 19.2 Å². The lowest BCUT2D eigenvalue weighted by Crippen LogP contribution is -2.48. The topological polar surface area (TPSA) is 55.3 Å². The summed E-state index contributed by atoms with van der Waals surface area (Å²) in [6.07, 6.45) is 5.08. The number of hydrogen-bond acceptors (Lipinski definition) is 4. The van der Waals surface area contributed by atoms with Gasteiger partial charge in [-0.15, -0.1) is 0 Å². The third-order valence-electron chi connectivity index (χ3n) is 6.36. The van der Waals surface area contributed by atoms with Crippen LogP contribution in [0.25, 0.3) is 0 Å². The number of benzene rings is 1. The molecule has 2 fully saturated rings. The highest BCUT2D eigenvalue weighted by molar-refractivity contribution is 5.80. The molecule has 0 saturated carbocycles. The van der Waals surface area contributed by atoms with Gasteiger partial charge in [0.1, 0.15) is 5.82 Å². The van der Waals surface area contributed by atoms with Crippen LogP contribution in [0.5, 0.6) is 0 Å². The van der Waals surface area contributed by atoms with Crippen LogP contribution < -0.4 is 5.32 Å². The van der Waals surface area contributed by atoms with E-state index in [1.165, 1.54) is 0 Å². The van der Waals surface area contributed by atoms with Gasteiger partial charge in [0, 0.05) is 58.6 Å². The van der Waals surface area contributed by atoms with E-state index < -0.39 is 0 Å². The molecule has 6 nitrogen and oxygen atoms in total. The van der Waals surface area contributed by atoms with Crippen LogP contribution in [0.3, 0.4) is 0 Å². The van der Waals surface area contributed by atoms with Gasteiger partial charge >= 0.3 is 0 Å². The first kappa shape index (κ1) is 24.0. The Hall–Kier alpha value is -1.70. The van der Waals surface area contributed by atoms with Gasteiger partial charge in [0.15, 0.2) is 5.96 Å². The number of likely N-dealkylation sites (tertiary alicyclic amines) is 1. The van der Waals surface area contributed by atoms with Crippen molar-refractivity contribution in [3.63, 3.8) is 0 Å². The largest absolute Gasteiger partial charge is 0.385 e. The second-order valence-electron chi connectivity index (χ2n) is 8.47. The molecular formula is C24H38FN3O3. The second-order valence-corrected chi connectivity index (χ2v) is 8.47. The van der Waals surface area contributed by atoms with E-state index in [-0.39, 0.29) is 11.2 Å². The monoisotopic (exact) mass is 435 g/mol. The van der Waals surface area contributed by atoms with Crippen LogP contribution in [-0.2, 0) is 19.6 Å². The smallest absolute Gasteiger partial charge is 0.193 e. The number of guanidine groups is 1. The predicted octanol–water partition coefficient (Wildman–Crippen LogP) is 3.36. The van der Waals surface area contributed by atoms with E-state index in [1.807, 2.05) is 12.1 Å². The van der Waals surface area contributed by atoms with Gasteiger partial charge in [-0.3, -0.25) is 4.99 Å². The molecule has 0 atom stereocenters. The van der Waals surface area contributed by atoms with Crippen molar-refractivity contribution in [2.75, 3.05) is 59.7 Å². The Labute approximate surface area is 186 Å². The molecule has 0 unspecified atom stereocenters. The van der Waals surface area contributed by atoms with Crippen LogP contribution in [0.4, 0.5) is 4.39 Å². The second kappa shape index (κ2) is 12.4. The number of ether oxygens (including phenoxy) is 3. The molecule has 0 aromatic heterocycles. The average molecular weight is 436 g/mol. The van der Waals surface area contributed by atoms with Crippen molar-refractivity contribution in [3.8, 4) is 0 Å². The van der Waals surface area contributed by atoms with E-state index in [4.69, 9.17) is 19.2 Å². The molecule has 1 aromatic carbocycles. The molecule has 0 radical (unpaired) electrons. The van der Waals surface area contributed by atoms with Crippen LogP contribution in [0.15, 0.2) is 29.3 Å². The molecule has 174 valence electrons. The first-order chi connectivity index (χ1) is 15.2. The maximum atomic E-state index is 13.5. The van der Waals surface area contributed by atoms with Crippen molar-refractivity contribution < 1.29 is 18.6 Å². The lowest BCUT2D eigenvalue weighted by atomic mass is 9.74. The van der Waals surface area contributed by atoms with Gasteiger partial charge in [-0.1, -0.05) is 12.1 Å². The Morgan fingerprint density at radius 1 is 1.19 bits per heavy atom. The summed E-state index contributed by atoms with van der Waals surface area (Å²) >= 11 is 0. The number of hydrogen-bond donors (Lipinski definition) is 1. The number of aliphatic imine (C=N–C) groups is 1. The molecule has 3 rings (SSSR count). The third-order valence-corrected chi connectivity index (χ3v) is 6.36. The van der Waals surface area contributed by atoms with Crippen molar-refractivity contribution in [1.29, 1.82) is 0 Å². The molecule has 2 heterocycles. The summed E-state index contributed by atoms with van der Waals surface area (Å²) < 4.78 is 30.2. The molecule has 31 heavy (non-hydrogen) atoms. The van der Waals surface area contributed by atoms with Gasteiger partial charge < -0.3 is 24.4 Å². The molecule has 0 spiro atoms. The molecule has 1 N–H and O–H groups in total. The van der Waals surface area contributed by atoms with Crippen molar-refractivity contribution in [2.45, 2.75) is 50.5 Å². The summed E-state index contributed by atoms with van der Waals surface area (Å²) in [6, 6.07) is 6.93. The van der Waals surface area contributed by atoms with Crippen LogP contribution in [-0.4, -0.2) is 76.7 Å². The highest BCUT2D eigenvalue weighted by Crippen LogP contribution is 2.35. The zero-order chi connectivity index (χ0) is 21.9. The summed E-state index contributed by atoms with van der Waals surface area (Å²) in [7, 11) is 1.72. The van der Waals surface area contributed by atoms with Gasteiger partial charge in [0.2, 0.25) is 0 Å². The summed E-state index contributed by atoms with van der Waals surface area (Å²) in [4.78, 5) is 7.41. The number of nitrogens with zero attached hydrogens (tertiary/aromatic N) is 2. The number of rotatable bonds is 9. The molecule has 2 saturated heterocycles. The van der Waals surface area contributed by atoms with E-state index in [9.17, 15) is 4.39 Å². The lowest BCUT2D eigenvalue weighted by molar-refractivity contribution is 0.00982. The quantitative estimate of drug-likeness (QED) is 0.366. The van der Waals surface area contributed by atoms with Gasteiger partial charge in [-0.05, 0) is 56.7 Å². The van der Waals surface area contributed by atoms with Crippen molar-refractivity contribution in [3.05, 3.63) is 35.6 Å². The van der Waals surface area contributed by atoms with Gasteiger partial charge in [-0.25, -0.2) is 4.39 Å². The van der Waals surface area contributed by atoms with Crippen molar-refractivity contribution in [1.82, 2.24) is 10.2 Å². The van der Waals surface area contributed by atoms with E-state index in [0.717, 1.165) is 89.7 Å². The van der Waals surface area contributed by atoms with Crippen LogP contribution >= 0.6 is 0 Å². The van der Waals surface area contributed by atoms with E-state index in [0.29, 0.717) is 12.6 Å². The molecule has 0 amide bonds. The number of methoxy groups -OCH3 is 1. The Bertz CT molecular complexity index is 669. The Morgan fingerprint density at radius 3 is 2.55 bits per heavy atom. The minimum absolute atomic E-state index is 0.102. The number of nitrogens with one attached hydrogen (secondary N) is 1. The fourth-order valence-electron chi connectivity index (χ4n) is 4.44. The SMILES string of the molecule is CCNC(=NCC1(c2ccc(F)cc2)CCOCC1)N1CCC(OCCCOC)CC1. The summed E-state index contributed by atoms with van der Waals surface area (Å²) in [6.45, 7) is 8.43. The number of halogens is 1. The first-order valence-electron chi connectivity index (χ1n) is 11.6. The maximum Gasteiger partial charge on any atom is 0.193 e. The summed E-state index contributed by atoms with van der Waals surface area (Å²) in [5.74, 6) is 0.767. The zero-order valence-corrected chi connectivity index (χ0v) is 19.1. The van der Waals surface area contributed by atoms with E-state index >= 15 is 0 Å². The normalized spacial score (nSPS) is 20.1. The molecule has 2 aliphatic rings. The van der Waals surface area contributed by atoms with Gasteiger partial charge in [-0.2, -0.15) is 0 Å². The van der Waals surface area contributed by atoms with Crippen LogP contribution in [0.2, 0.25) is 0 Å². The highest BCUT2D eigenvalue weighted by Gasteiger charge is 2.35. The lowest BCUT2D eigenvalue weighted by Gasteiger charge is -2.38. The van der Waals surface area contributed by atoms with Gasteiger partial charge in [0.05, 0.1) is 12.6 Å². The minimum atomic E-state index is -0.199. The molecule has 1 aromatic rings. The summed E-state index contributed by atoms with van der Waals surface area (Å²) in [5.41, 5.74) is 1.05. The minimum Gasteiger partial charge on any atom is -0.385 e. The standard InChI is InChI=1S/C24H38FN3O3/c1-3-26-23(28-13-9-22(10-14-28)31-16-4-15-29-2)27-19-24(11-17-30-18-12-24)20-5-7-21(25)8-6-20/h5-8,22H,3-4,9-19H2,1-2H3,(H,26,27). The molecule has 0 bridgehead atoms. The first-order valence-corrected chi connectivity index (χ1v) is 11.6. The predicted molar refractivity (Wildman–Crippen MR) is 121 cm³/mol. The molecular weight excluding hydrogens is 397 g/mol. The molecule has 7 heteroatoms. The Kier molecular flexibility index (Phi) is 9.55. The van der Waals surface area contributed by atoms with E-state index in [2.05, 4.69) is 17.1 Å². The highest BCUT2D eigenvalue weighted by atomic mass is 19.1. The molecule has 2 aliphatic heterocycles. The van der Waals surface area contributed by atoms with Crippen molar-refractivity contribution >= 4 is 5.96 Å². The number of piperidine rings is 1. The molecule has 0 aliphatic carbocycles. The third kappa shape index (κ3) is 6.89.